The van der Waals surface area contributed by atoms with Crippen LogP contribution in [-0.4, -0.2) is 0 Å². The molecule has 0 radical (unpaired) electrons. The van der Waals surface area contributed by atoms with Crippen LogP contribution in [0.3, 0.4) is 0 Å². The number of fused-ring (bicyclic) bond motifs is 12. The van der Waals surface area contributed by atoms with E-state index in [9.17, 15) is 0 Å². The Hall–Kier alpha value is -8.20. The average molecular weight is 928 g/mol. The quantitative estimate of drug-likeness (QED) is 0.165. The molecule has 0 saturated carbocycles. The monoisotopic (exact) mass is 927 g/mol. The van der Waals surface area contributed by atoms with Gasteiger partial charge in [0.25, 0.3) is 0 Å². The molecular formula is C70H57NO. The van der Waals surface area contributed by atoms with E-state index in [1.165, 1.54) is 66.8 Å². The molecule has 13 rings (SSSR count). The maximum Gasteiger partial charge on any atom is 0.156 e. The molecule has 0 fully saturated rings. The molecule has 0 amide bonds. The molecule has 2 heteroatoms. The zero-order valence-corrected chi connectivity index (χ0v) is 41.9. The molecule has 0 aromatic heterocycles. The number of ether oxygens (including phenoxy) is 1. The van der Waals surface area contributed by atoms with Crippen molar-refractivity contribution >= 4 is 17.1 Å². The van der Waals surface area contributed by atoms with Crippen LogP contribution >= 0.6 is 0 Å². The molecule has 2 nitrogen and oxygen atoms in total. The maximum absolute atomic E-state index is 7.57. The van der Waals surface area contributed by atoms with Gasteiger partial charge in [-0.2, -0.15) is 0 Å². The predicted octanol–water partition coefficient (Wildman–Crippen LogP) is 18.3. The van der Waals surface area contributed by atoms with Crippen molar-refractivity contribution in [3.63, 3.8) is 0 Å². The Balaban J connectivity index is 1.14. The molecule has 2 aliphatic carbocycles. The molecule has 10 aromatic rings. The van der Waals surface area contributed by atoms with Crippen molar-refractivity contribution in [2.24, 2.45) is 0 Å². The summed E-state index contributed by atoms with van der Waals surface area (Å²) in [6.45, 7) is 14.0. The number of nitrogens with zero attached hydrogens (tertiary/aromatic N) is 1. The number of benzene rings is 10. The highest BCUT2D eigenvalue weighted by atomic mass is 16.5. The Morgan fingerprint density at radius 2 is 0.792 bits per heavy atom. The lowest BCUT2D eigenvalue weighted by molar-refractivity contribution is 0.437. The van der Waals surface area contributed by atoms with Crippen molar-refractivity contribution in [2.45, 2.75) is 63.2 Å². The van der Waals surface area contributed by atoms with E-state index in [0.29, 0.717) is 0 Å². The van der Waals surface area contributed by atoms with Crippen LogP contribution in [0.4, 0.5) is 17.1 Å². The van der Waals surface area contributed by atoms with E-state index in [4.69, 9.17) is 4.74 Å². The molecule has 1 heterocycles. The second-order valence-electron chi connectivity index (χ2n) is 22.0. The lowest BCUT2D eigenvalue weighted by Crippen LogP contribution is -2.33. The van der Waals surface area contributed by atoms with E-state index >= 15 is 0 Å². The normalized spacial score (nSPS) is 14.3. The molecule has 10 aromatic carbocycles. The third-order valence-corrected chi connectivity index (χ3v) is 15.9. The van der Waals surface area contributed by atoms with Gasteiger partial charge in [0.15, 0.2) is 5.75 Å². The molecule has 0 unspecified atom stereocenters. The average Bonchev–Trinajstić information content (AvgIpc) is 3.87. The van der Waals surface area contributed by atoms with Gasteiger partial charge in [0.2, 0.25) is 0 Å². The summed E-state index contributed by atoms with van der Waals surface area (Å²) in [6.07, 6.45) is 0. The molecule has 0 atom stereocenters. The zero-order chi connectivity index (χ0) is 49.0. The summed E-state index contributed by atoms with van der Waals surface area (Å²) in [4.78, 5) is 2.49. The highest BCUT2D eigenvalue weighted by Crippen LogP contribution is 2.65. The van der Waals surface area contributed by atoms with Crippen LogP contribution in [0.2, 0.25) is 0 Å². The van der Waals surface area contributed by atoms with Crippen molar-refractivity contribution in [1.29, 1.82) is 0 Å². The van der Waals surface area contributed by atoms with Crippen LogP contribution in [0.25, 0.3) is 33.4 Å². The molecule has 0 saturated heterocycles. The van der Waals surface area contributed by atoms with Crippen molar-refractivity contribution < 1.29 is 4.74 Å². The first-order chi connectivity index (χ1) is 35.0. The van der Waals surface area contributed by atoms with Crippen LogP contribution in [0.15, 0.2) is 237 Å². The second kappa shape index (κ2) is 16.2. The van der Waals surface area contributed by atoms with Crippen LogP contribution < -0.4 is 9.64 Å². The summed E-state index contributed by atoms with van der Waals surface area (Å²) in [6, 6.07) is 88.3. The largest absolute Gasteiger partial charge is 0.454 e. The van der Waals surface area contributed by atoms with Crippen LogP contribution in [0.1, 0.15) is 97.2 Å². The second-order valence-corrected chi connectivity index (χ2v) is 22.0. The van der Waals surface area contributed by atoms with Crippen LogP contribution in [0.5, 0.6) is 11.5 Å². The van der Waals surface area contributed by atoms with Gasteiger partial charge in [-0.3, -0.25) is 0 Å². The van der Waals surface area contributed by atoms with Gasteiger partial charge in [0, 0.05) is 22.4 Å². The molecule has 0 N–H and O–H groups in total. The maximum atomic E-state index is 7.57. The molecule has 72 heavy (non-hydrogen) atoms. The Labute approximate surface area is 424 Å². The summed E-state index contributed by atoms with van der Waals surface area (Å²) in [5.74, 6) is 1.72. The van der Waals surface area contributed by atoms with E-state index in [1.807, 2.05) is 0 Å². The third kappa shape index (κ3) is 6.34. The van der Waals surface area contributed by atoms with Crippen molar-refractivity contribution in [1.82, 2.24) is 0 Å². The predicted molar refractivity (Wildman–Crippen MR) is 299 cm³/mol. The first-order valence-corrected chi connectivity index (χ1v) is 25.5. The lowest BCUT2D eigenvalue weighted by Gasteiger charge is -2.42. The van der Waals surface area contributed by atoms with Crippen molar-refractivity contribution in [3.05, 3.63) is 292 Å². The minimum atomic E-state index is -0.687. The number of hydrogen-bond donors (Lipinski definition) is 0. The van der Waals surface area contributed by atoms with Gasteiger partial charge >= 0.3 is 0 Å². The van der Waals surface area contributed by atoms with Gasteiger partial charge in [0.1, 0.15) is 5.75 Å². The molecular weight excluding hydrogens is 871 g/mol. The van der Waals surface area contributed by atoms with Gasteiger partial charge < -0.3 is 9.64 Å². The van der Waals surface area contributed by atoms with E-state index in [2.05, 4.69) is 283 Å². The SMILES string of the molecule is CC(C)(C)c1ccc2c(c1)C1(c3ccccc3Oc3c(N(c4ccc5c(c4)C(c4ccccc4)(c4ccccc4)c4ccccc4-5)c4ccccc4-c4ccccc4)cccc31)c1cc(C(C)(C)C)ccc1-2. The van der Waals surface area contributed by atoms with Crippen molar-refractivity contribution in [3.8, 4) is 44.9 Å². The summed E-state index contributed by atoms with van der Waals surface area (Å²) in [7, 11) is 0. The lowest BCUT2D eigenvalue weighted by atomic mass is 9.64. The summed E-state index contributed by atoms with van der Waals surface area (Å²) >= 11 is 0. The Kier molecular flexibility index (Phi) is 9.83. The Morgan fingerprint density at radius 3 is 1.40 bits per heavy atom. The van der Waals surface area contributed by atoms with E-state index in [1.54, 1.807) is 0 Å². The van der Waals surface area contributed by atoms with Gasteiger partial charge in [-0.05, 0) is 113 Å². The third-order valence-electron chi connectivity index (χ3n) is 15.9. The van der Waals surface area contributed by atoms with Gasteiger partial charge in [-0.25, -0.2) is 0 Å². The molecule has 3 aliphatic rings. The standard InChI is InChI=1S/C70H57NO/c1-67(2,3)49-37-40-54-55-41-38-50(68(4,5)6)44-61(55)70(60(54)43-49)58-32-19-21-36-65(58)72-66-59(70)33-22-35-64(66)71(63-34-20-17-29-52(63)46-23-10-7-11-24-46)51-39-42-56-53-30-16-18-31-57(53)69(62(56)45-51,47-25-12-8-13-26-47)48-27-14-9-15-28-48/h7-45H,1-6H3. The summed E-state index contributed by atoms with van der Waals surface area (Å²) in [5.41, 5.74) is 21.5. The molecule has 348 valence electrons. The molecule has 1 aliphatic heterocycles. The number of para-hydroxylation sites is 3. The fourth-order valence-electron chi connectivity index (χ4n) is 12.6. The molecule has 1 spiro atoms. The van der Waals surface area contributed by atoms with E-state index in [0.717, 1.165) is 50.8 Å². The van der Waals surface area contributed by atoms with E-state index in [-0.39, 0.29) is 10.8 Å². The van der Waals surface area contributed by atoms with Gasteiger partial charge in [-0.1, -0.05) is 248 Å². The fraction of sp³-hybridized carbons (Fsp3) is 0.143. The van der Waals surface area contributed by atoms with Crippen molar-refractivity contribution in [2.75, 3.05) is 4.90 Å². The van der Waals surface area contributed by atoms with Crippen LogP contribution in [0, 0.1) is 0 Å². The minimum Gasteiger partial charge on any atom is -0.454 e. The first kappa shape index (κ1) is 43.8. The first-order valence-electron chi connectivity index (χ1n) is 25.5. The smallest absolute Gasteiger partial charge is 0.156 e. The number of anilines is 3. The summed E-state index contributed by atoms with van der Waals surface area (Å²) < 4.78 is 7.57. The van der Waals surface area contributed by atoms with Crippen LogP contribution in [-0.2, 0) is 21.7 Å². The number of rotatable bonds is 6. The molecule has 0 bridgehead atoms. The highest BCUT2D eigenvalue weighted by molar-refractivity contribution is 5.96. The Morgan fingerprint density at radius 1 is 0.333 bits per heavy atom. The van der Waals surface area contributed by atoms with E-state index < -0.39 is 10.8 Å². The topological polar surface area (TPSA) is 12.5 Å². The minimum absolute atomic E-state index is 0.0726. The zero-order valence-electron chi connectivity index (χ0n) is 41.9. The Bertz CT molecular complexity index is 3640. The van der Waals surface area contributed by atoms with Gasteiger partial charge in [0.05, 0.1) is 22.2 Å². The highest BCUT2D eigenvalue weighted by Gasteiger charge is 2.53. The summed E-state index contributed by atoms with van der Waals surface area (Å²) in [5, 5.41) is 0. The number of hydrogen-bond acceptors (Lipinski definition) is 2. The van der Waals surface area contributed by atoms with Gasteiger partial charge in [-0.15, -0.1) is 0 Å². The fourth-order valence-corrected chi connectivity index (χ4v) is 12.6.